The van der Waals surface area contributed by atoms with E-state index in [0.717, 1.165) is 43.0 Å². The summed E-state index contributed by atoms with van der Waals surface area (Å²) in [5.74, 6) is 1.61. The van der Waals surface area contributed by atoms with Gasteiger partial charge in [0.05, 0.1) is 0 Å². The first-order valence-corrected chi connectivity index (χ1v) is 7.78. The Balaban J connectivity index is 1.92. The second kappa shape index (κ2) is 8.27. The van der Waals surface area contributed by atoms with Crippen molar-refractivity contribution in [3.05, 3.63) is 42.0 Å². The number of allylic oxidation sites excluding steroid dienone is 2. The normalized spacial score (nSPS) is 13.2. The number of carbonyl (C=O) groups is 1. The van der Waals surface area contributed by atoms with E-state index >= 15 is 0 Å². The van der Waals surface area contributed by atoms with Crippen molar-refractivity contribution in [3.8, 4) is 11.5 Å². The van der Waals surface area contributed by atoms with Crippen LogP contribution in [0, 0.1) is 0 Å². The first-order chi connectivity index (χ1) is 10.7. The van der Waals surface area contributed by atoms with Gasteiger partial charge in [-0.15, -0.1) is 0 Å². The molecule has 1 aliphatic heterocycles. The Labute approximate surface area is 132 Å². The molecular formula is C18H23NO3. The number of nitrogens with zero attached hydrogens (tertiary/aromatic N) is 1. The molecule has 118 valence electrons. The molecule has 1 heterocycles. The molecular weight excluding hydrogens is 278 g/mol. The summed E-state index contributed by atoms with van der Waals surface area (Å²) < 4.78 is 10.6. The SMILES string of the molecule is CCCN(CCC)C(=O)/C=C/C=C\c1ccc2c(c1)OCO2. The Morgan fingerprint density at radius 1 is 1.14 bits per heavy atom. The van der Waals surface area contributed by atoms with E-state index in [1.165, 1.54) is 0 Å². The van der Waals surface area contributed by atoms with Gasteiger partial charge in [0.2, 0.25) is 12.7 Å². The van der Waals surface area contributed by atoms with Crippen LogP contribution in [-0.2, 0) is 4.79 Å². The van der Waals surface area contributed by atoms with Gasteiger partial charge in [-0.25, -0.2) is 0 Å². The summed E-state index contributed by atoms with van der Waals surface area (Å²) in [7, 11) is 0. The number of carbonyl (C=O) groups excluding carboxylic acids is 1. The number of rotatable bonds is 7. The average molecular weight is 301 g/mol. The molecule has 1 aromatic rings. The van der Waals surface area contributed by atoms with Gasteiger partial charge in [0.15, 0.2) is 11.5 Å². The van der Waals surface area contributed by atoms with Crippen LogP contribution in [0.15, 0.2) is 36.4 Å². The number of amides is 1. The molecule has 4 nitrogen and oxygen atoms in total. The molecule has 1 aliphatic rings. The predicted molar refractivity (Wildman–Crippen MR) is 87.9 cm³/mol. The van der Waals surface area contributed by atoms with E-state index in [4.69, 9.17) is 9.47 Å². The lowest BCUT2D eigenvalue weighted by Gasteiger charge is -2.19. The second-order valence-electron chi connectivity index (χ2n) is 5.16. The molecule has 0 aliphatic carbocycles. The van der Waals surface area contributed by atoms with Gasteiger partial charge in [-0.3, -0.25) is 4.79 Å². The lowest BCUT2D eigenvalue weighted by molar-refractivity contribution is -0.126. The molecule has 0 fully saturated rings. The Kier molecular flexibility index (Phi) is 6.07. The Morgan fingerprint density at radius 2 is 1.86 bits per heavy atom. The maximum Gasteiger partial charge on any atom is 0.246 e. The maximum atomic E-state index is 12.1. The summed E-state index contributed by atoms with van der Waals surface area (Å²) in [6, 6.07) is 5.77. The summed E-state index contributed by atoms with van der Waals surface area (Å²) in [5, 5.41) is 0. The van der Waals surface area contributed by atoms with E-state index in [1.807, 2.05) is 35.3 Å². The zero-order valence-corrected chi connectivity index (χ0v) is 13.2. The van der Waals surface area contributed by atoms with Gasteiger partial charge in [-0.2, -0.15) is 0 Å². The van der Waals surface area contributed by atoms with Crippen molar-refractivity contribution in [2.45, 2.75) is 26.7 Å². The molecule has 0 bridgehead atoms. The van der Waals surface area contributed by atoms with Crippen LogP contribution in [0.5, 0.6) is 11.5 Å². The van der Waals surface area contributed by atoms with E-state index in [9.17, 15) is 4.79 Å². The predicted octanol–water partition coefficient (Wildman–Crippen LogP) is 3.63. The molecule has 1 amide bonds. The van der Waals surface area contributed by atoms with Crippen LogP contribution < -0.4 is 9.47 Å². The second-order valence-corrected chi connectivity index (χ2v) is 5.16. The fourth-order valence-corrected chi connectivity index (χ4v) is 2.30. The van der Waals surface area contributed by atoms with Gasteiger partial charge in [-0.05, 0) is 30.5 Å². The molecule has 0 atom stereocenters. The number of benzene rings is 1. The van der Waals surface area contributed by atoms with Crippen molar-refractivity contribution in [2.24, 2.45) is 0 Å². The van der Waals surface area contributed by atoms with E-state index in [1.54, 1.807) is 12.2 Å². The first kappa shape index (κ1) is 16.1. The summed E-state index contributed by atoms with van der Waals surface area (Å²) in [6.07, 6.45) is 9.17. The van der Waals surface area contributed by atoms with Crippen molar-refractivity contribution in [3.63, 3.8) is 0 Å². The highest BCUT2D eigenvalue weighted by molar-refractivity contribution is 5.88. The molecule has 0 aromatic heterocycles. The fourth-order valence-electron chi connectivity index (χ4n) is 2.30. The highest BCUT2D eigenvalue weighted by Crippen LogP contribution is 2.32. The van der Waals surface area contributed by atoms with Crippen molar-refractivity contribution < 1.29 is 14.3 Å². The van der Waals surface area contributed by atoms with Gasteiger partial charge in [-0.1, -0.05) is 38.1 Å². The standard InChI is InChI=1S/C18H23NO3/c1-3-11-19(12-4-2)18(20)8-6-5-7-15-9-10-16-17(13-15)22-14-21-16/h5-10,13H,3-4,11-12,14H2,1-2H3/b7-5-,8-6+. The zero-order chi connectivity index (χ0) is 15.8. The van der Waals surface area contributed by atoms with Gasteiger partial charge >= 0.3 is 0 Å². The summed E-state index contributed by atoms with van der Waals surface area (Å²) in [6.45, 7) is 6.06. The van der Waals surface area contributed by atoms with E-state index in [-0.39, 0.29) is 12.7 Å². The van der Waals surface area contributed by atoms with Gasteiger partial charge < -0.3 is 14.4 Å². The molecule has 1 aromatic carbocycles. The van der Waals surface area contributed by atoms with Crippen molar-refractivity contribution in [1.29, 1.82) is 0 Å². The van der Waals surface area contributed by atoms with Crippen molar-refractivity contribution in [1.82, 2.24) is 4.90 Å². The molecule has 2 rings (SSSR count). The van der Waals surface area contributed by atoms with Gasteiger partial charge in [0, 0.05) is 19.2 Å². The van der Waals surface area contributed by atoms with Crippen LogP contribution in [0.4, 0.5) is 0 Å². The maximum absolute atomic E-state index is 12.1. The third kappa shape index (κ3) is 4.38. The Hall–Kier alpha value is -2.23. The summed E-state index contributed by atoms with van der Waals surface area (Å²) in [4.78, 5) is 13.9. The molecule has 0 saturated heterocycles. The largest absolute Gasteiger partial charge is 0.454 e. The highest BCUT2D eigenvalue weighted by Gasteiger charge is 2.12. The monoisotopic (exact) mass is 301 g/mol. The molecule has 0 unspecified atom stereocenters. The van der Waals surface area contributed by atoms with Crippen molar-refractivity contribution in [2.75, 3.05) is 19.9 Å². The van der Waals surface area contributed by atoms with Gasteiger partial charge in [0.25, 0.3) is 0 Å². The van der Waals surface area contributed by atoms with Crippen LogP contribution in [0.3, 0.4) is 0 Å². The number of hydrogen-bond acceptors (Lipinski definition) is 3. The lowest BCUT2D eigenvalue weighted by atomic mass is 10.2. The fraction of sp³-hybridized carbons (Fsp3) is 0.389. The number of fused-ring (bicyclic) bond motifs is 1. The topological polar surface area (TPSA) is 38.8 Å². The molecule has 0 N–H and O–H groups in total. The minimum Gasteiger partial charge on any atom is -0.454 e. The molecule has 0 radical (unpaired) electrons. The van der Waals surface area contributed by atoms with Crippen LogP contribution in [-0.4, -0.2) is 30.7 Å². The Bertz CT molecular complexity index is 557. The zero-order valence-electron chi connectivity index (χ0n) is 13.2. The highest BCUT2D eigenvalue weighted by atomic mass is 16.7. The van der Waals surface area contributed by atoms with E-state index < -0.39 is 0 Å². The van der Waals surface area contributed by atoms with Crippen molar-refractivity contribution >= 4 is 12.0 Å². The smallest absolute Gasteiger partial charge is 0.246 e. The first-order valence-electron chi connectivity index (χ1n) is 7.78. The van der Waals surface area contributed by atoms with Gasteiger partial charge in [0.1, 0.15) is 0 Å². The molecule has 0 saturated carbocycles. The summed E-state index contributed by atoms with van der Waals surface area (Å²) in [5.41, 5.74) is 1.01. The molecule has 4 heteroatoms. The van der Waals surface area contributed by atoms with Crippen LogP contribution in [0.1, 0.15) is 32.3 Å². The van der Waals surface area contributed by atoms with Crippen LogP contribution >= 0.6 is 0 Å². The number of hydrogen-bond donors (Lipinski definition) is 0. The van der Waals surface area contributed by atoms with E-state index in [0.29, 0.717) is 0 Å². The quantitative estimate of drug-likeness (QED) is 0.570. The summed E-state index contributed by atoms with van der Waals surface area (Å²) >= 11 is 0. The Morgan fingerprint density at radius 3 is 2.59 bits per heavy atom. The van der Waals surface area contributed by atoms with Crippen LogP contribution in [0.2, 0.25) is 0 Å². The lowest BCUT2D eigenvalue weighted by Crippen LogP contribution is -2.30. The number of ether oxygens (including phenoxy) is 2. The minimum absolute atomic E-state index is 0.0686. The molecule has 0 spiro atoms. The third-order valence-electron chi connectivity index (χ3n) is 3.33. The third-order valence-corrected chi connectivity index (χ3v) is 3.33. The van der Waals surface area contributed by atoms with E-state index in [2.05, 4.69) is 13.8 Å². The van der Waals surface area contributed by atoms with Crippen LogP contribution in [0.25, 0.3) is 6.08 Å². The average Bonchev–Trinajstić information content (AvgIpc) is 2.98. The molecule has 22 heavy (non-hydrogen) atoms. The minimum atomic E-state index is 0.0686.